The molecule has 5 nitrogen and oxygen atoms in total. The maximum atomic E-state index is 12.2. The molecule has 124 valence electrons. The number of aliphatic hydroxyl groups excluding tert-OH is 1. The fraction of sp³-hybridized carbons (Fsp3) is 0.222. The van der Waals surface area contributed by atoms with Gasteiger partial charge in [0.25, 0.3) is 0 Å². The number of carbonyl (C=O) groups excluding carboxylic acids is 1. The van der Waals surface area contributed by atoms with Gasteiger partial charge >= 0.3 is 0 Å². The SMILES string of the molecule is Cc1oc(-c2ccsc2)nc1CC(=O)Nc1ccc(CCO)cc1. The molecule has 0 aliphatic heterocycles. The zero-order chi connectivity index (χ0) is 16.9. The molecule has 1 amide bonds. The summed E-state index contributed by atoms with van der Waals surface area (Å²) in [6.07, 6.45) is 0.773. The summed E-state index contributed by atoms with van der Waals surface area (Å²) in [6, 6.07) is 9.38. The minimum absolute atomic E-state index is 0.115. The van der Waals surface area contributed by atoms with Crippen molar-refractivity contribution < 1.29 is 14.3 Å². The van der Waals surface area contributed by atoms with E-state index in [4.69, 9.17) is 9.52 Å². The summed E-state index contributed by atoms with van der Waals surface area (Å²) in [4.78, 5) is 16.6. The summed E-state index contributed by atoms with van der Waals surface area (Å²) >= 11 is 1.57. The molecule has 0 aliphatic rings. The second-order valence-electron chi connectivity index (χ2n) is 5.43. The first-order valence-corrected chi connectivity index (χ1v) is 8.58. The Morgan fingerprint density at radius 2 is 2.08 bits per heavy atom. The van der Waals surface area contributed by atoms with Crippen molar-refractivity contribution in [2.45, 2.75) is 19.8 Å². The van der Waals surface area contributed by atoms with Crippen LogP contribution in [0.3, 0.4) is 0 Å². The molecule has 2 N–H and O–H groups in total. The van der Waals surface area contributed by atoms with Crippen LogP contribution in [0.4, 0.5) is 5.69 Å². The number of anilines is 1. The molecule has 0 bridgehead atoms. The predicted octanol–water partition coefficient (Wildman–Crippen LogP) is 3.43. The molecule has 0 saturated carbocycles. The lowest BCUT2D eigenvalue weighted by Crippen LogP contribution is -2.15. The summed E-state index contributed by atoms with van der Waals surface area (Å²) in [5.74, 6) is 1.06. The van der Waals surface area contributed by atoms with E-state index in [0.717, 1.165) is 16.8 Å². The van der Waals surface area contributed by atoms with Gasteiger partial charge in [-0.3, -0.25) is 4.79 Å². The topological polar surface area (TPSA) is 75.4 Å². The van der Waals surface area contributed by atoms with Crippen molar-refractivity contribution in [3.63, 3.8) is 0 Å². The zero-order valence-electron chi connectivity index (χ0n) is 13.3. The van der Waals surface area contributed by atoms with Crippen molar-refractivity contribution in [2.24, 2.45) is 0 Å². The van der Waals surface area contributed by atoms with Gasteiger partial charge in [0.05, 0.1) is 12.1 Å². The Kier molecular flexibility index (Phi) is 5.08. The third-order valence-corrected chi connectivity index (χ3v) is 4.31. The minimum atomic E-state index is -0.141. The molecular weight excluding hydrogens is 324 g/mol. The van der Waals surface area contributed by atoms with Gasteiger partial charge in [-0.05, 0) is 42.5 Å². The van der Waals surface area contributed by atoms with E-state index in [9.17, 15) is 4.79 Å². The summed E-state index contributed by atoms with van der Waals surface area (Å²) in [6.45, 7) is 1.93. The van der Waals surface area contributed by atoms with E-state index in [2.05, 4.69) is 10.3 Å². The van der Waals surface area contributed by atoms with Gasteiger partial charge < -0.3 is 14.8 Å². The molecule has 2 aromatic heterocycles. The molecular formula is C18H18N2O3S. The third-order valence-electron chi connectivity index (χ3n) is 3.63. The highest BCUT2D eigenvalue weighted by molar-refractivity contribution is 7.08. The fourth-order valence-electron chi connectivity index (χ4n) is 2.34. The number of carbonyl (C=O) groups is 1. The van der Waals surface area contributed by atoms with Gasteiger partial charge in [-0.2, -0.15) is 11.3 Å². The number of amides is 1. The molecule has 1 aromatic carbocycles. The first-order chi connectivity index (χ1) is 11.7. The number of hydrogen-bond donors (Lipinski definition) is 2. The van der Waals surface area contributed by atoms with Crippen molar-refractivity contribution in [3.05, 3.63) is 58.1 Å². The first kappa shape index (κ1) is 16.4. The van der Waals surface area contributed by atoms with Gasteiger partial charge in [0.15, 0.2) is 0 Å². The molecule has 2 heterocycles. The van der Waals surface area contributed by atoms with Gasteiger partial charge in [0.2, 0.25) is 11.8 Å². The Morgan fingerprint density at radius 1 is 1.29 bits per heavy atom. The van der Waals surface area contributed by atoms with Crippen LogP contribution in [0.25, 0.3) is 11.5 Å². The number of aryl methyl sites for hydroxylation is 1. The highest BCUT2D eigenvalue weighted by Crippen LogP contribution is 2.24. The Hall–Kier alpha value is -2.44. The lowest BCUT2D eigenvalue weighted by atomic mass is 10.1. The quantitative estimate of drug-likeness (QED) is 0.720. The van der Waals surface area contributed by atoms with Gasteiger partial charge in [-0.1, -0.05) is 12.1 Å². The second-order valence-corrected chi connectivity index (χ2v) is 6.21. The predicted molar refractivity (Wildman–Crippen MR) is 94.1 cm³/mol. The molecule has 0 fully saturated rings. The van der Waals surface area contributed by atoms with Crippen LogP contribution in [0, 0.1) is 6.92 Å². The van der Waals surface area contributed by atoms with E-state index in [1.807, 2.05) is 48.0 Å². The van der Waals surface area contributed by atoms with E-state index in [1.54, 1.807) is 11.3 Å². The molecule has 3 rings (SSSR count). The number of nitrogens with one attached hydrogen (secondary N) is 1. The van der Waals surface area contributed by atoms with E-state index < -0.39 is 0 Å². The summed E-state index contributed by atoms with van der Waals surface area (Å²) in [7, 11) is 0. The average Bonchev–Trinajstić information content (AvgIpc) is 3.20. The number of aliphatic hydroxyl groups is 1. The van der Waals surface area contributed by atoms with Crippen molar-refractivity contribution in [3.8, 4) is 11.5 Å². The van der Waals surface area contributed by atoms with Crippen LogP contribution in [0.15, 0.2) is 45.5 Å². The molecule has 6 heteroatoms. The number of aromatic nitrogens is 1. The van der Waals surface area contributed by atoms with Gasteiger partial charge in [0.1, 0.15) is 5.76 Å². The Labute approximate surface area is 144 Å². The smallest absolute Gasteiger partial charge is 0.230 e. The molecule has 0 spiro atoms. The van der Waals surface area contributed by atoms with E-state index in [-0.39, 0.29) is 18.9 Å². The largest absolute Gasteiger partial charge is 0.441 e. The van der Waals surface area contributed by atoms with Gasteiger partial charge in [0, 0.05) is 23.2 Å². The number of rotatable bonds is 6. The average molecular weight is 342 g/mol. The molecule has 3 aromatic rings. The number of oxazole rings is 1. The van der Waals surface area contributed by atoms with Crippen LogP contribution in [0.1, 0.15) is 17.0 Å². The Morgan fingerprint density at radius 3 is 2.75 bits per heavy atom. The first-order valence-electron chi connectivity index (χ1n) is 7.64. The molecule has 0 saturated heterocycles. The number of hydrogen-bond acceptors (Lipinski definition) is 5. The Bertz CT molecular complexity index is 807. The number of benzene rings is 1. The van der Waals surface area contributed by atoms with Crippen LogP contribution in [0.5, 0.6) is 0 Å². The van der Waals surface area contributed by atoms with Crippen molar-refractivity contribution in [1.82, 2.24) is 4.98 Å². The number of nitrogens with zero attached hydrogens (tertiary/aromatic N) is 1. The van der Waals surface area contributed by atoms with Gasteiger partial charge in [-0.25, -0.2) is 4.98 Å². The summed E-state index contributed by atoms with van der Waals surface area (Å²) in [5, 5.41) is 15.7. The summed E-state index contributed by atoms with van der Waals surface area (Å²) < 4.78 is 5.64. The Balaban J connectivity index is 1.64. The van der Waals surface area contributed by atoms with E-state index in [1.165, 1.54) is 0 Å². The van der Waals surface area contributed by atoms with Crippen LogP contribution in [-0.4, -0.2) is 22.6 Å². The van der Waals surface area contributed by atoms with Crippen LogP contribution in [0.2, 0.25) is 0 Å². The van der Waals surface area contributed by atoms with Crippen molar-refractivity contribution in [1.29, 1.82) is 0 Å². The standard InChI is InChI=1S/C18H18N2O3S/c1-12-16(20-18(23-12)14-7-9-24-11-14)10-17(22)19-15-4-2-13(3-5-15)6-8-21/h2-5,7,9,11,21H,6,8,10H2,1H3,(H,19,22). The van der Waals surface area contributed by atoms with Crippen molar-refractivity contribution >= 4 is 22.9 Å². The molecule has 0 aliphatic carbocycles. The van der Waals surface area contributed by atoms with Crippen molar-refractivity contribution in [2.75, 3.05) is 11.9 Å². The lowest BCUT2D eigenvalue weighted by Gasteiger charge is -2.05. The zero-order valence-corrected chi connectivity index (χ0v) is 14.1. The minimum Gasteiger partial charge on any atom is -0.441 e. The highest BCUT2D eigenvalue weighted by Gasteiger charge is 2.15. The van der Waals surface area contributed by atoms with Crippen LogP contribution in [-0.2, 0) is 17.6 Å². The molecule has 0 unspecified atom stereocenters. The van der Waals surface area contributed by atoms with Crippen LogP contribution >= 0.6 is 11.3 Å². The molecule has 0 radical (unpaired) electrons. The van der Waals surface area contributed by atoms with Gasteiger partial charge in [-0.15, -0.1) is 0 Å². The maximum Gasteiger partial charge on any atom is 0.230 e. The normalized spacial score (nSPS) is 10.8. The second kappa shape index (κ2) is 7.42. The fourth-order valence-corrected chi connectivity index (χ4v) is 2.97. The molecule has 0 atom stereocenters. The van der Waals surface area contributed by atoms with Crippen LogP contribution < -0.4 is 5.32 Å². The summed E-state index contributed by atoms with van der Waals surface area (Å²) in [5.41, 5.74) is 3.32. The maximum absolute atomic E-state index is 12.2. The monoisotopic (exact) mass is 342 g/mol. The highest BCUT2D eigenvalue weighted by atomic mass is 32.1. The number of thiophene rings is 1. The van der Waals surface area contributed by atoms with E-state index in [0.29, 0.717) is 23.8 Å². The molecule has 24 heavy (non-hydrogen) atoms. The van der Waals surface area contributed by atoms with E-state index >= 15 is 0 Å². The third kappa shape index (κ3) is 3.90. The lowest BCUT2D eigenvalue weighted by molar-refractivity contribution is -0.115.